The van der Waals surface area contributed by atoms with Gasteiger partial charge in [-0.3, -0.25) is 4.79 Å². The third-order valence-corrected chi connectivity index (χ3v) is 4.38. The second kappa shape index (κ2) is 9.03. The molecule has 24 heavy (non-hydrogen) atoms. The molecule has 1 N–H and O–H groups in total. The van der Waals surface area contributed by atoms with Gasteiger partial charge in [-0.25, -0.2) is 4.79 Å². The summed E-state index contributed by atoms with van der Waals surface area (Å²) in [5.74, 6) is -0.535. The number of hydrogen-bond acceptors (Lipinski definition) is 4. The highest BCUT2D eigenvalue weighted by molar-refractivity contribution is 7.08. The molecule has 5 heteroatoms. The first kappa shape index (κ1) is 17.9. The lowest BCUT2D eigenvalue weighted by atomic mass is 9.97. The molecule has 1 atom stereocenters. The van der Waals surface area contributed by atoms with E-state index in [0.29, 0.717) is 5.92 Å². The van der Waals surface area contributed by atoms with Crippen LogP contribution in [0.2, 0.25) is 0 Å². The van der Waals surface area contributed by atoms with Crippen LogP contribution in [0.3, 0.4) is 0 Å². The van der Waals surface area contributed by atoms with Crippen LogP contribution in [-0.2, 0) is 14.3 Å². The molecule has 2 aromatic rings. The Balaban J connectivity index is 1.86. The van der Waals surface area contributed by atoms with Crippen molar-refractivity contribution in [2.24, 2.45) is 0 Å². The summed E-state index contributed by atoms with van der Waals surface area (Å²) in [6.45, 7) is 3.91. The number of nitrogens with one attached hydrogen (secondary N) is 1. The van der Waals surface area contributed by atoms with E-state index in [2.05, 4.69) is 19.2 Å². The largest absolute Gasteiger partial charge is 0.452 e. The fourth-order valence-corrected chi connectivity index (χ4v) is 2.79. The van der Waals surface area contributed by atoms with Crippen molar-refractivity contribution in [3.05, 3.63) is 58.3 Å². The number of amides is 1. The van der Waals surface area contributed by atoms with E-state index in [1.54, 1.807) is 17.4 Å². The van der Waals surface area contributed by atoms with E-state index in [-0.39, 0.29) is 12.5 Å². The molecule has 0 saturated carbocycles. The van der Waals surface area contributed by atoms with Gasteiger partial charge < -0.3 is 10.1 Å². The summed E-state index contributed by atoms with van der Waals surface area (Å²) >= 11 is 1.55. The van der Waals surface area contributed by atoms with Gasteiger partial charge in [0.15, 0.2) is 6.61 Å². The average molecular weight is 343 g/mol. The second-order valence-corrected chi connectivity index (χ2v) is 6.22. The molecule has 0 fully saturated rings. The fraction of sp³-hybridized carbons (Fsp3) is 0.263. The third kappa shape index (κ3) is 5.35. The topological polar surface area (TPSA) is 55.4 Å². The summed E-state index contributed by atoms with van der Waals surface area (Å²) in [5, 5.41) is 6.65. The lowest BCUT2D eigenvalue weighted by Crippen LogP contribution is -2.21. The molecule has 126 valence electrons. The van der Waals surface area contributed by atoms with Gasteiger partial charge in [0.05, 0.1) is 0 Å². The number of rotatable bonds is 7. The van der Waals surface area contributed by atoms with Crippen LogP contribution < -0.4 is 5.32 Å². The van der Waals surface area contributed by atoms with Crippen molar-refractivity contribution in [3.8, 4) is 0 Å². The standard InChI is InChI=1S/C19H21NO3S/c1-3-14(2)16-6-4-5-7-17(16)20-18(21)12-23-19(22)9-8-15-10-11-24-13-15/h4-11,13-14H,3,12H2,1-2H3,(H,20,21)/b9-8+/t14-/m1/s1. The first-order chi connectivity index (χ1) is 11.6. The summed E-state index contributed by atoms with van der Waals surface area (Å²) in [4.78, 5) is 23.6. The maximum absolute atomic E-state index is 12.0. The first-order valence-corrected chi connectivity index (χ1v) is 8.80. The molecule has 0 aliphatic carbocycles. The number of para-hydroxylation sites is 1. The molecule has 0 saturated heterocycles. The molecule has 0 aliphatic heterocycles. The van der Waals surface area contributed by atoms with Gasteiger partial charge in [0.2, 0.25) is 0 Å². The van der Waals surface area contributed by atoms with Gasteiger partial charge in [-0.05, 0) is 52.4 Å². The molecule has 1 aromatic heterocycles. The van der Waals surface area contributed by atoms with Gasteiger partial charge in [-0.1, -0.05) is 32.0 Å². The van der Waals surface area contributed by atoms with Crippen LogP contribution >= 0.6 is 11.3 Å². The van der Waals surface area contributed by atoms with E-state index in [1.807, 2.05) is 41.1 Å². The van der Waals surface area contributed by atoms with Crippen molar-refractivity contribution in [1.29, 1.82) is 0 Å². The monoisotopic (exact) mass is 343 g/mol. The Hall–Kier alpha value is -2.40. The molecule has 0 aliphatic rings. The van der Waals surface area contributed by atoms with E-state index in [9.17, 15) is 9.59 Å². The van der Waals surface area contributed by atoms with Crippen molar-refractivity contribution in [1.82, 2.24) is 0 Å². The molecular weight excluding hydrogens is 322 g/mol. The van der Waals surface area contributed by atoms with E-state index in [4.69, 9.17) is 4.74 Å². The zero-order chi connectivity index (χ0) is 17.4. The number of esters is 1. The van der Waals surface area contributed by atoms with Gasteiger partial charge >= 0.3 is 5.97 Å². The number of carbonyl (C=O) groups is 2. The van der Waals surface area contributed by atoms with Gasteiger partial charge in [-0.15, -0.1) is 0 Å². The number of anilines is 1. The van der Waals surface area contributed by atoms with E-state index < -0.39 is 5.97 Å². The Morgan fingerprint density at radius 1 is 1.29 bits per heavy atom. The maximum Gasteiger partial charge on any atom is 0.331 e. The number of ether oxygens (including phenoxy) is 1. The summed E-state index contributed by atoms with van der Waals surface area (Å²) < 4.78 is 4.97. The molecule has 1 aromatic carbocycles. The van der Waals surface area contributed by atoms with Crippen molar-refractivity contribution >= 4 is 35.0 Å². The van der Waals surface area contributed by atoms with Crippen LogP contribution in [-0.4, -0.2) is 18.5 Å². The van der Waals surface area contributed by atoms with Crippen molar-refractivity contribution in [2.45, 2.75) is 26.2 Å². The smallest absolute Gasteiger partial charge is 0.331 e. The van der Waals surface area contributed by atoms with Crippen molar-refractivity contribution in [3.63, 3.8) is 0 Å². The maximum atomic E-state index is 12.0. The number of carbonyl (C=O) groups excluding carboxylic acids is 2. The predicted octanol–water partition coefficient (Wildman–Crippen LogP) is 4.46. The number of hydrogen-bond donors (Lipinski definition) is 1. The summed E-state index contributed by atoms with van der Waals surface area (Å²) in [7, 11) is 0. The van der Waals surface area contributed by atoms with Crippen LogP contribution in [0, 0.1) is 0 Å². The highest BCUT2D eigenvalue weighted by atomic mass is 32.1. The summed E-state index contributed by atoms with van der Waals surface area (Å²) in [6.07, 6.45) is 3.96. The second-order valence-electron chi connectivity index (χ2n) is 5.44. The minimum absolute atomic E-state index is 0.304. The third-order valence-electron chi connectivity index (χ3n) is 3.68. The van der Waals surface area contributed by atoms with Crippen molar-refractivity contribution < 1.29 is 14.3 Å². The molecule has 0 unspecified atom stereocenters. The van der Waals surface area contributed by atoms with Crippen LogP contribution in [0.4, 0.5) is 5.69 Å². The van der Waals surface area contributed by atoms with Gasteiger partial charge in [0.25, 0.3) is 5.91 Å². The minimum atomic E-state index is -0.536. The summed E-state index contributed by atoms with van der Waals surface area (Å²) in [5.41, 5.74) is 2.78. The molecule has 1 amide bonds. The Bertz CT molecular complexity index is 707. The van der Waals surface area contributed by atoms with Crippen LogP contribution in [0.1, 0.15) is 37.3 Å². The fourth-order valence-electron chi connectivity index (χ4n) is 2.17. The lowest BCUT2D eigenvalue weighted by molar-refractivity contribution is -0.142. The summed E-state index contributed by atoms with van der Waals surface area (Å²) in [6, 6.07) is 9.58. The predicted molar refractivity (Wildman–Crippen MR) is 98.1 cm³/mol. The van der Waals surface area contributed by atoms with Gasteiger partial charge in [0.1, 0.15) is 0 Å². The molecule has 1 heterocycles. The molecule has 0 spiro atoms. The Kier molecular flexibility index (Phi) is 6.75. The van der Waals surface area contributed by atoms with E-state index in [0.717, 1.165) is 23.2 Å². The quantitative estimate of drug-likeness (QED) is 0.596. The Morgan fingerprint density at radius 2 is 2.08 bits per heavy atom. The van der Waals surface area contributed by atoms with E-state index in [1.165, 1.54) is 6.08 Å². The SMILES string of the molecule is CC[C@@H](C)c1ccccc1NC(=O)COC(=O)/C=C/c1ccsc1. The molecular formula is C19H21NO3S. The van der Waals surface area contributed by atoms with Gasteiger partial charge in [0, 0.05) is 11.8 Å². The molecule has 4 nitrogen and oxygen atoms in total. The Morgan fingerprint density at radius 3 is 2.79 bits per heavy atom. The van der Waals surface area contributed by atoms with Crippen LogP contribution in [0.15, 0.2) is 47.2 Å². The minimum Gasteiger partial charge on any atom is -0.452 e. The Labute approximate surface area is 146 Å². The molecule has 2 rings (SSSR count). The molecule has 0 bridgehead atoms. The highest BCUT2D eigenvalue weighted by Crippen LogP contribution is 2.26. The number of thiophene rings is 1. The van der Waals surface area contributed by atoms with Gasteiger partial charge in [-0.2, -0.15) is 11.3 Å². The number of benzene rings is 1. The molecule has 0 radical (unpaired) electrons. The van der Waals surface area contributed by atoms with Crippen LogP contribution in [0.25, 0.3) is 6.08 Å². The average Bonchev–Trinajstić information content (AvgIpc) is 3.11. The highest BCUT2D eigenvalue weighted by Gasteiger charge is 2.12. The zero-order valence-electron chi connectivity index (χ0n) is 13.8. The van der Waals surface area contributed by atoms with Crippen molar-refractivity contribution in [2.75, 3.05) is 11.9 Å². The van der Waals surface area contributed by atoms with E-state index >= 15 is 0 Å². The first-order valence-electron chi connectivity index (χ1n) is 7.86. The normalized spacial score (nSPS) is 12.1. The van der Waals surface area contributed by atoms with Crippen LogP contribution in [0.5, 0.6) is 0 Å². The lowest BCUT2D eigenvalue weighted by Gasteiger charge is -2.15. The zero-order valence-corrected chi connectivity index (χ0v) is 14.6.